The van der Waals surface area contributed by atoms with Gasteiger partial charge in [-0.1, -0.05) is 32.6 Å². The maximum absolute atomic E-state index is 8.37. The van der Waals surface area contributed by atoms with E-state index < -0.39 is 0 Å². The van der Waals surface area contributed by atoms with Crippen LogP contribution in [0.15, 0.2) is 0 Å². The first-order valence-corrected chi connectivity index (χ1v) is 3.52. The lowest BCUT2D eigenvalue weighted by atomic mass is 10.2. The van der Waals surface area contributed by atoms with Gasteiger partial charge < -0.3 is 5.11 Å². The molecule has 0 spiro atoms. The second kappa shape index (κ2) is 29.6. The van der Waals surface area contributed by atoms with Crippen molar-refractivity contribution in [2.24, 2.45) is 0 Å². The summed E-state index contributed by atoms with van der Waals surface area (Å²) >= 11 is 0. The molecule has 82 valence electrons. The predicted molar refractivity (Wildman–Crippen MR) is 64.8 cm³/mol. The van der Waals surface area contributed by atoms with Gasteiger partial charge in [-0.25, -0.2) is 0 Å². The third-order valence-corrected chi connectivity index (χ3v) is 1.26. The van der Waals surface area contributed by atoms with Gasteiger partial charge in [0.05, 0.1) is 0 Å². The van der Waals surface area contributed by atoms with Crippen molar-refractivity contribution in [1.29, 1.82) is 0 Å². The van der Waals surface area contributed by atoms with Crippen LogP contribution in [0.5, 0.6) is 0 Å². The number of unbranched alkanes of at least 4 members (excludes halogenated alkanes) is 4. The van der Waals surface area contributed by atoms with Gasteiger partial charge >= 0.3 is 0 Å². The Labute approximate surface area is 100 Å². The maximum Gasteiger partial charge on any atom is 0.0431 e. The number of hydrogen-bond donors (Lipinski definition) is 1. The van der Waals surface area contributed by atoms with Crippen LogP contribution in [0.4, 0.5) is 0 Å². The Morgan fingerprint density at radius 2 is 1.17 bits per heavy atom. The Bertz CT molecular complexity index is 40.4. The van der Waals surface area contributed by atoms with E-state index in [2.05, 4.69) is 6.92 Å². The van der Waals surface area contributed by atoms with Crippen molar-refractivity contribution >= 4 is 49.6 Å². The van der Waals surface area contributed by atoms with E-state index in [1.165, 1.54) is 25.7 Å². The molecule has 5 heteroatoms. The predicted octanol–water partition coefficient (Wildman–Crippen LogP) is 3.64. The highest BCUT2D eigenvalue weighted by molar-refractivity contribution is 5.86. The van der Waals surface area contributed by atoms with E-state index in [0.29, 0.717) is 6.61 Å². The van der Waals surface area contributed by atoms with Gasteiger partial charge in [-0.2, -0.15) is 0 Å². The number of aliphatic hydroxyl groups excluding tert-OH is 1. The fraction of sp³-hybridized carbons (Fsp3) is 1.00. The minimum Gasteiger partial charge on any atom is -0.396 e. The lowest BCUT2D eigenvalue weighted by Gasteiger charge is -1.93. The Morgan fingerprint density at radius 3 is 1.50 bits per heavy atom. The molecule has 0 saturated carbocycles. The molecule has 0 saturated heterocycles. The molecule has 0 atom stereocenters. The quantitative estimate of drug-likeness (QED) is 0.750. The summed E-state index contributed by atoms with van der Waals surface area (Å²) in [5.74, 6) is 0. The molecule has 1 nitrogen and oxygen atoms in total. The molecular weight excluding hydrogens is 242 g/mol. The molecule has 0 amide bonds. The van der Waals surface area contributed by atoms with E-state index in [1.807, 2.05) is 0 Å². The third kappa shape index (κ3) is 30.4. The van der Waals surface area contributed by atoms with Gasteiger partial charge in [0.15, 0.2) is 0 Å². The van der Waals surface area contributed by atoms with Crippen LogP contribution in [-0.2, 0) is 0 Å². The lowest BCUT2D eigenvalue weighted by Crippen LogP contribution is -1.81. The first-order chi connectivity index (χ1) is 3.91. The minimum atomic E-state index is 0. The molecule has 0 aromatic heterocycles. The van der Waals surface area contributed by atoms with Crippen molar-refractivity contribution < 1.29 is 5.11 Å². The Kier molecular flexibility index (Phi) is 72.0. The molecule has 0 heterocycles. The number of hydrogen-bond acceptors (Lipinski definition) is 1. The first-order valence-electron chi connectivity index (χ1n) is 3.52. The van der Waals surface area contributed by atoms with E-state index in [0.717, 1.165) is 6.42 Å². The second-order valence-electron chi connectivity index (χ2n) is 2.14. The number of rotatable bonds is 5. The van der Waals surface area contributed by atoms with Crippen LogP contribution in [0, 0.1) is 0 Å². The fourth-order valence-corrected chi connectivity index (χ4v) is 0.715. The summed E-state index contributed by atoms with van der Waals surface area (Å²) in [6.07, 6.45) is 6.08. The normalized spacial score (nSPS) is 6.50. The summed E-state index contributed by atoms with van der Waals surface area (Å²) < 4.78 is 0. The molecule has 0 aromatic carbocycles. The van der Waals surface area contributed by atoms with Gasteiger partial charge in [0.25, 0.3) is 0 Å². The maximum atomic E-state index is 8.37. The average molecular weight is 262 g/mol. The molecule has 0 fully saturated rings. The summed E-state index contributed by atoms with van der Waals surface area (Å²) in [5.41, 5.74) is 0. The van der Waals surface area contributed by atoms with E-state index in [4.69, 9.17) is 5.11 Å². The van der Waals surface area contributed by atoms with Crippen LogP contribution in [0.1, 0.15) is 39.0 Å². The minimum absolute atomic E-state index is 0. The van der Waals surface area contributed by atoms with Crippen molar-refractivity contribution in [1.82, 2.24) is 0 Å². The molecule has 0 radical (unpaired) electrons. The number of aliphatic hydroxyl groups is 1. The highest BCUT2D eigenvalue weighted by Gasteiger charge is 1.84. The molecule has 0 aliphatic carbocycles. The van der Waals surface area contributed by atoms with E-state index >= 15 is 0 Å². The SMILES string of the molecule is CCCCCCCO.Cl.Cl.Cl.Cl. The van der Waals surface area contributed by atoms with Gasteiger partial charge in [-0.05, 0) is 6.42 Å². The van der Waals surface area contributed by atoms with E-state index in [1.54, 1.807) is 0 Å². The van der Waals surface area contributed by atoms with Crippen molar-refractivity contribution in [3.05, 3.63) is 0 Å². The standard InChI is InChI=1S/C7H16O.4ClH/c1-2-3-4-5-6-7-8;;;;/h8H,2-7H2,1H3;4*1H. The molecule has 0 aliphatic heterocycles. The topological polar surface area (TPSA) is 20.2 Å². The smallest absolute Gasteiger partial charge is 0.0431 e. The summed E-state index contributed by atoms with van der Waals surface area (Å²) in [6.45, 7) is 2.56. The molecule has 0 bridgehead atoms. The molecule has 1 N–H and O–H groups in total. The Hall–Kier alpha value is 1.12. The summed E-state index contributed by atoms with van der Waals surface area (Å²) in [7, 11) is 0. The highest BCUT2D eigenvalue weighted by atomic mass is 35.5. The summed E-state index contributed by atoms with van der Waals surface area (Å²) in [4.78, 5) is 0. The van der Waals surface area contributed by atoms with Gasteiger partial charge in [0.2, 0.25) is 0 Å². The van der Waals surface area contributed by atoms with Crippen molar-refractivity contribution in [2.45, 2.75) is 39.0 Å². The first kappa shape index (κ1) is 29.2. The zero-order chi connectivity index (χ0) is 6.24. The van der Waals surface area contributed by atoms with Crippen LogP contribution >= 0.6 is 49.6 Å². The molecular formula is C7H20Cl4O. The zero-order valence-electron chi connectivity index (χ0n) is 7.32. The van der Waals surface area contributed by atoms with Crippen molar-refractivity contribution in [3.63, 3.8) is 0 Å². The van der Waals surface area contributed by atoms with Crippen LogP contribution in [-0.4, -0.2) is 11.7 Å². The monoisotopic (exact) mass is 260 g/mol. The van der Waals surface area contributed by atoms with Gasteiger partial charge in [-0.3, -0.25) is 0 Å². The number of halogens is 4. The van der Waals surface area contributed by atoms with Gasteiger partial charge in [0, 0.05) is 6.61 Å². The van der Waals surface area contributed by atoms with E-state index in [9.17, 15) is 0 Å². The fourth-order valence-electron chi connectivity index (χ4n) is 0.715. The molecule has 0 unspecified atom stereocenters. The van der Waals surface area contributed by atoms with Crippen LogP contribution in [0.3, 0.4) is 0 Å². The van der Waals surface area contributed by atoms with Gasteiger partial charge in [-0.15, -0.1) is 49.6 Å². The second-order valence-corrected chi connectivity index (χ2v) is 2.14. The van der Waals surface area contributed by atoms with Crippen molar-refractivity contribution in [3.8, 4) is 0 Å². The van der Waals surface area contributed by atoms with Crippen LogP contribution in [0.25, 0.3) is 0 Å². The third-order valence-electron chi connectivity index (χ3n) is 1.26. The summed E-state index contributed by atoms with van der Waals surface area (Å²) in [5, 5.41) is 8.37. The van der Waals surface area contributed by atoms with Crippen LogP contribution in [0.2, 0.25) is 0 Å². The largest absolute Gasteiger partial charge is 0.396 e. The van der Waals surface area contributed by atoms with Gasteiger partial charge in [0.1, 0.15) is 0 Å². The lowest BCUT2D eigenvalue weighted by molar-refractivity contribution is 0.282. The summed E-state index contributed by atoms with van der Waals surface area (Å²) in [6, 6.07) is 0. The molecule has 0 rings (SSSR count). The van der Waals surface area contributed by atoms with Crippen molar-refractivity contribution in [2.75, 3.05) is 6.61 Å². The molecule has 0 aromatic rings. The molecule has 12 heavy (non-hydrogen) atoms. The van der Waals surface area contributed by atoms with Crippen LogP contribution < -0.4 is 0 Å². The zero-order valence-corrected chi connectivity index (χ0v) is 10.6. The Morgan fingerprint density at radius 1 is 0.750 bits per heavy atom. The highest BCUT2D eigenvalue weighted by Crippen LogP contribution is 2.00. The molecule has 0 aliphatic rings. The van der Waals surface area contributed by atoms with E-state index in [-0.39, 0.29) is 49.6 Å². The average Bonchev–Trinajstić information content (AvgIpc) is 1.81. The Balaban J connectivity index is -0.0000000408.